The van der Waals surface area contributed by atoms with Crippen molar-refractivity contribution >= 4 is 0 Å². The van der Waals surface area contributed by atoms with Gasteiger partial charge in [0.05, 0.1) is 6.61 Å². The zero-order valence-electron chi connectivity index (χ0n) is 6.30. The fourth-order valence-electron chi connectivity index (χ4n) is 1.19. The fourth-order valence-corrected chi connectivity index (χ4v) is 1.19. The lowest BCUT2D eigenvalue weighted by Gasteiger charge is -2.14. The first-order valence-corrected chi connectivity index (χ1v) is 3.43. The minimum atomic E-state index is -0.833. The van der Waals surface area contributed by atoms with Crippen molar-refractivity contribution in [3.05, 3.63) is 0 Å². The molecule has 1 rings (SSSR count). The highest BCUT2D eigenvalue weighted by Crippen LogP contribution is 2.19. The number of rotatable bonds is 2. The second-order valence-electron chi connectivity index (χ2n) is 2.51. The molecule has 0 aliphatic carbocycles. The molecule has 1 fully saturated rings. The zero-order valence-corrected chi connectivity index (χ0v) is 6.30. The maximum Gasteiger partial charge on any atom is 0.135 e. The molecule has 0 spiro atoms. The lowest BCUT2D eigenvalue weighted by atomic mass is 10.1. The number of nitrogens with two attached hydrogens (primary N) is 1. The highest BCUT2D eigenvalue weighted by molar-refractivity contribution is 4.88. The molecule has 0 aromatic heterocycles. The number of aliphatic hydroxyl groups is 2. The summed E-state index contributed by atoms with van der Waals surface area (Å²) in [4.78, 5) is 0. The van der Waals surface area contributed by atoms with E-state index in [4.69, 9.17) is 20.3 Å². The van der Waals surface area contributed by atoms with Crippen LogP contribution in [0.25, 0.3) is 0 Å². The lowest BCUT2D eigenvalue weighted by Crippen LogP contribution is -2.38. The third kappa shape index (κ3) is 1.52. The third-order valence-corrected chi connectivity index (χ3v) is 1.83. The second-order valence-corrected chi connectivity index (χ2v) is 2.51. The molecule has 4 unspecified atom stereocenters. The zero-order chi connectivity index (χ0) is 8.43. The molecule has 0 aromatic rings. The van der Waals surface area contributed by atoms with E-state index in [2.05, 4.69) is 0 Å². The highest BCUT2D eigenvalue weighted by atomic mass is 16.6. The van der Waals surface area contributed by atoms with Gasteiger partial charge in [0, 0.05) is 7.11 Å². The van der Waals surface area contributed by atoms with Gasteiger partial charge < -0.3 is 25.4 Å². The largest absolute Gasteiger partial charge is 0.394 e. The van der Waals surface area contributed by atoms with Crippen molar-refractivity contribution in [3.63, 3.8) is 0 Å². The van der Waals surface area contributed by atoms with Crippen LogP contribution in [0.2, 0.25) is 0 Å². The summed E-state index contributed by atoms with van der Waals surface area (Å²) < 4.78 is 9.84. The van der Waals surface area contributed by atoms with Gasteiger partial charge in [-0.25, -0.2) is 0 Å². The quantitative estimate of drug-likeness (QED) is 0.440. The van der Waals surface area contributed by atoms with Crippen molar-refractivity contribution in [2.45, 2.75) is 24.5 Å². The normalized spacial score (nSPS) is 44.7. The maximum atomic E-state index is 9.33. The van der Waals surface area contributed by atoms with Crippen LogP contribution in [0.5, 0.6) is 0 Å². The molecule has 0 amide bonds. The van der Waals surface area contributed by atoms with Gasteiger partial charge in [-0.1, -0.05) is 0 Å². The third-order valence-electron chi connectivity index (χ3n) is 1.83. The predicted octanol–water partition coefficient (Wildman–Crippen LogP) is -1.96. The van der Waals surface area contributed by atoms with E-state index < -0.39 is 24.5 Å². The minimum absolute atomic E-state index is 0.241. The molecule has 0 aromatic carbocycles. The number of aliphatic hydroxyl groups excluding tert-OH is 2. The van der Waals surface area contributed by atoms with Gasteiger partial charge in [0.15, 0.2) is 0 Å². The van der Waals surface area contributed by atoms with Gasteiger partial charge in [0.2, 0.25) is 0 Å². The van der Waals surface area contributed by atoms with E-state index in [0.717, 1.165) is 0 Å². The van der Waals surface area contributed by atoms with Crippen LogP contribution in [0.3, 0.4) is 0 Å². The van der Waals surface area contributed by atoms with E-state index >= 15 is 0 Å². The van der Waals surface area contributed by atoms with Gasteiger partial charge in [-0.15, -0.1) is 0 Å². The van der Waals surface area contributed by atoms with E-state index in [0.29, 0.717) is 0 Å². The molecule has 1 heterocycles. The molecule has 66 valence electrons. The SMILES string of the molecule is COC1C(N)OC(CO)C1O. The molecular weight excluding hydrogens is 150 g/mol. The standard InChI is InChI=1S/C6H13NO4/c1-10-5-4(9)3(2-8)11-6(5)7/h3-6,8-9H,2,7H2,1H3. The van der Waals surface area contributed by atoms with Crippen molar-refractivity contribution in [1.82, 2.24) is 0 Å². The summed E-state index contributed by atoms with van der Waals surface area (Å²) in [5.74, 6) is 0. The fraction of sp³-hybridized carbons (Fsp3) is 1.00. The Kier molecular flexibility index (Phi) is 2.80. The summed E-state index contributed by atoms with van der Waals surface area (Å²) in [7, 11) is 1.44. The van der Waals surface area contributed by atoms with Crippen LogP contribution in [0, 0.1) is 0 Å². The van der Waals surface area contributed by atoms with Gasteiger partial charge >= 0.3 is 0 Å². The van der Waals surface area contributed by atoms with Crippen molar-refractivity contribution < 1.29 is 19.7 Å². The van der Waals surface area contributed by atoms with Crippen LogP contribution >= 0.6 is 0 Å². The Morgan fingerprint density at radius 1 is 1.64 bits per heavy atom. The number of hydrogen-bond donors (Lipinski definition) is 3. The Labute approximate surface area is 64.7 Å². The topological polar surface area (TPSA) is 84.9 Å². The van der Waals surface area contributed by atoms with Crippen molar-refractivity contribution in [1.29, 1.82) is 0 Å². The Hall–Kier alpha value is -0.200. The second kappa shape index (κ2) is 3.46. The summed E-state index contributed by atoms with van der Waals surface area (Å²) in [5, 5.41) is 18.0. The van der Waals surface area contributed by atoms with E-state index in [-0.39, 0.29) is 6.61 Å². The van der Waals surface area contributed by atoms with E-state index in [1.807, 2.05) is 0 Å². The lowest BCUT2D eigenvalue weighted by molar-refractivity contribution is -0.0200. The number of methoxy groups -OCH3 is 1. The molecule has 1 aliphatic heterocycles. The molecule has 5 nitrogen and oxygen atoms in total. The molecule has 5 heteroatoms. The molecule has 4 atom stereocenters. The molecule has 0 saturated carbocycles. The molecular formula is C6H13NO4. The van der Waals surface area contributed by atoms with Gasteiger partial charge in [0.25, 0.3) is 0 Å². The van der Waals surface area contributed by atoms with Gasteiger partial charge in [-0.05, 0) is 0 Å². The summed E-state index contributed by atoms with van der Waals surface area (Å²) in [6, 6.07) is 0. The Bertz CT molecular complexity index is 132. The van der Waals surface area contributed by atoms with E-state index in [1.54, 1.807) is 0 Å². The van der Waals surface area contributed by atoms with Crippen molar-refractivity contribution in [3.8, 4) is 0 Å². The summed E-state index contributed by atoms with van der Waals surface area (Å²) >= 11 is 0. The summed E-state index contributed by atoms with van der Waals surface area (Å²) in [5.41, 5.74) is 5.43. The molecule has 4 N–H and O–H groups in total. The highest BCUT2D eigenvalue weighted by Gasteiger charge is 2.41. The smallest absolute Gasteiger partial charge is 0.135 e. The van der Waals surface area contributed by atoms with Gasteiger partial charge in [-0.3, -0.25) is 0 Å². The van der Waals surface area contributed by atoms with Crippen LogP contribution in [-0.4, -0.2) is 48.5 Å². The molecule has 11 heavy (non-hydrogen) atoms. The van der Waals surface area contributed by atoms with Crippen LogP contribution in [0.1, 0.15) is 0 Å². The predicted molar refractivity (Wildman–Crippen MR) is 36.7 cm³/mol. The first-order valence-electron chi connectivity index (χ1n) is 3.43. The minimum Gasteiger partial charge on any atom is -0.394 e. The van der Waals surface area contributed by atoms with Crippen LogP contribution in [0.15, 0.2) is 0 Å². The Balaban J connectivity index is 2.55. The first-order chi connectivity index (χ1) is 5.20. The molecule has 0 radical (unpaired) electrons. The van der Waals surface area contributed by atoms with Gasteiger partial charge in [0.1, 0.15) is 24.5 Å². The average Bonchev–Trinajstić information content (AvgIpc) is 2.26. The van der Waals surface area contributed by atoms with Crippen LogP contribution in [-0.2, 0) is 9.47 Å². The van der Waals surface area contributed by atoms with Gasteiger partial charge in [-0.2, -0.15) is 0 Å². The first kappa shape index (κ1) is 8.89. The van der Waals surface area contributed by atoms with Crippen molar-refractivity contribution in [2.24, 2.45) is 5.73 Å². The number of ether oxygens (including phenoxy) is 2. The summed E-state index contributed by atoms with van der Waals surface area (Å²) in [6.45, 7) is -0.241. The Morgan fingerprint density at radius 2 is 2.27 bits per heavy atom. The Morgan fingerprint density at radius 3 is 2.55 bits per heavy atom. The maximum absolute atomic E-state index is 9.33. The molecule has 1 aliphatic rings. The van der Waals surface area contributed by atoms with E-state index in [9.17, 15) is 5.11 Å². The summed E-state index contributed by atoms with van der Waals surface area (Å²) in [6.07, 6.45) is -2.63. The molecule has 0 bridgehead atoms. The van der Waals surface area contributed by atoms with Crippen LogP contribution in [0.4, 0.5) is 0 Å². The van der Waals surface area contributed by atoms with Crippen molar-refractivity contribution in [2.75, 3.05) is 13.7 Å². The van der Waals surface area contributed by atoms with E-state index in [1.165, 1.54) is 7.11 Å². The monoisotopic (exact) mass is 163 g/mol. The number of hydrogen-bond acceptors (Lipinski definition) is 5. The average molecular weight is 163 g/mol. The van der Waals surface area contributed by atoms with Crippen LogP contribution < -0.4 is 5.73 Å². The molecule has 1 saturated heterocycles.